The normalized spacial score (nSPS) is 12.8. The Morgan fingerprint density at radius 3 is 2.62 bits per heavy atom. The highest BCUT2D eigenvalue weighted by Crippen LogP contribution is 2.20. The molecule has 1 N–H and O–H groups in total. The molecule has 0 spiro atoms. The van der Waals surface area contributed by atoms with Gasteiger partial charge in [0.15, 0.2) is 0 Å². The summed E-state index contributed by atoms with van der Waals surface area (Å²) in [6, 6.07) is 6.77. The lowest BCUT2D eigenvalue weighted by Crippen LogP contribution is -2.26. The van der Waals surface area contributed by atoms with E-state index in [9.17, 15) is 0 Å². The summed E-state index contributed by atoms with van der Waals surface area (Å²) in [5, 5.41) is 3.48. The lowest BCUT2D eigenvalue weighted by atomic mass is 9.98. The number of hydrogen-bond acceptors (Lipinski definition) is 2. The van der Waals surface area contributed by atoms with Gasteiger partial charge in [0.2, 0.25) is 0 Å². The van der Waals surface area contributed by atoms with Gasteiger partial charge in [-0.15, -0.1) is 0 Å². The lowest BCUT2D eigenvalue weighted by Gasteiger charge is -2.21. The zero-order chi connectivity index (χ0) is 12.0. The second-order valence-corrected chi connectivity index (χ2v) is 4.06. The van der Waals surface area contributed by atoms with Crippen molar-refractivity contribution in [2.24, 2.45) is 0 Å². The van der Waals surface area contributed by atoms with Gasteiger partial charge in [-0.05, 0) is 44.0 Å². The van der Waals surface area contributed by atoms with Crippen LogP contribution in [0.25, 0.3) is 0 Å². The highest BCUT2D eigenvalue weighted by molar-refractivity contribution is 5.35. The van der Waals surface area contributed by atoms with Crippen LogP contribution in [0.3, 0.4) is 0 Å². The standard InChI is InChI=1S/C14H23NO/c1-5-15-14(10-16-6-2)13-9-7-8-11(3)12(13)4/h7-9,14-15H,5-6,10H2,1-4H3. The van der Waals surface area contributed by atoms with Crippen molar-refractivity contribution >= 4 is 0 Å². The van der Waals surface area contributed by atoms with Gasteiger partial charge in [-0.1, -0.05) is 25.1 Å². The fraction of sp³-hybridized carbons (Fsp3) is 0.571. The predicted octanol–water partition coefficient (Wildman–Crippen LogP) is 2.99. The summed E-state index contributed by atoms with van der Waals surface area (Å²) in [6.45, 7) is 11.0. The number of likely N-dealkylation sites (N-methyl/N-ethyl adjacent to an activating group) is 1. The van der Waals surface area contributed by atoms with Gasteiger partial charge in [-0.25, -0.2) is 0 Å². The average Bonchev–Trinajstić information content (AvgIpc) is 2.28. The molecule has 1 unspecified atom stereocenters. The molecule has 0 saturated heterocycles. The minimum atomic E-state index is 0.310. The first-order chi connectivity index (χ1) is 7.70. The van der Waals surface area contributed by atoms with Crippen molar-refractivity contribution < 1.29 is 4.74 Å². The second-order valence-electron chi connectivity index (χ2n) is 4.06. The number of rotatable bonds is 6. The lowest BCUT2D eigenvalue weighted by molar-refractivity contribution is 0.123. The molecule has 0 aliphatic carbocycles. The number of hydrogen-bond donors (Lipinski definition) is 1. The van der Waals surface area contributed by atoms with E-state index in [1.165, 1.54) is 16.7 Å². The molecule has 2 heteroatoms. The fourth-order valence-corrected chi connectivity index (χ4v) is 1.89. The van der Waals surface area contributed by atoms with Crippen molar-refractivity contribution in [2.45, 2.75) is 33.7 Å². The van der Waals surface area contributed by atoms with Crippen LogP contribution >= 0.6 is 0 Å². The van der Waals surface area contributed by atoms with E-state index in [1.807, 2.05) is 6.92 Å². The third-order valence-electron chi connectivity index (χ3n) is 2.96. The zero-order valence-electron chi connectivity index (χ0n) is 10.8. The molecule has 2 nitrogen and oxygen atoms in total. The quantitative estimate of drug-likeness (QED) is 0.797. The Hall–Kier alpha value is -0.860. The van der Waals surface area contributed by atoms with Crippen LogP contribution in [0.15, 0.2) is 18.2 Å². The molecule has 0 saturated carbocycles. The maximum absolute atomic E-state index is 5.53. The smallest absolute Gasteiger partial charge is 0.0661 e. The first kappa shape index (κ1) is 13.2. The largest absolute Gasteiger partial charge is 0.380 e. The van der Waals surface area contributed by atoms with Crippen LogP contribution in [-0.2, 0) is 4.74 Å². The van der Waals surface area contributed by atoms with Crippen molar-refractivity contribution in [1.29, 1.82) is 0 Å². The Morgan fingerprint density at radius 2 is 2.00 bits per heavy atom. The molecule has 90 valence electrons. The molecule has 0 aliphatic heterocycles. The van der Waals surface area contributed by atoms with E-state index in [-0.39, 0.29) is 0 Å². The Labute approximate surface area is 99.0 Å². The first-order valence-corrected chi connectivity index (χ1v) is 6.07. The maximum Gasteiger partial charge on any atom is 0.0661 e. The van der Waals surface area contributed by atoms with Gasteiger partial charge >= 0.3 is 0 Å². The summed E-state index contributed by atoms with van der Waals surface area (Å²) >= 11 is 0. The van der Waals surface area contributed by atoms with Crippen LogP contribution in [-0.4, -0.2) is 19.8 Å². The third-order valence-corrected chi connectivity index (χ3v) is 2.96. The number of benzene rings is 1. The molecule has 0 heterocycles. The predicted molar refractivity (Wildman–Crippen MR) is 68.8 cm³/mol. The maximum atomic E-state index is 5.53. The van der Waals surface area contributed by atoms with Crippen LogP contribution in [0, 0.1) is 13.8 Å². The van der Waals surface area contributed by atoms with Crippen molar-refractivity contribution in [3.8, 4) is 0 Å². The summed E-state index contributed by atoms with van der Waals surface area (Å²) in [5.41, 5.74) is 4.07. The Bertz CT molecular complexity index is 323. The van der Waals surface area contributed by atoms with Crippen molar-refractivity contribution in [1.82, 2.24) is 5.32 Å². The van der Waals surface area contributed by atoms with E-state index in [1.54, 1.807) is 0 Å². The summed E-state index contributed by atoms with van der Waals surface area (Å²) in [5.74, 6) is 0. The van der Waals surface area contributed by atoms with Gasteiger partial charge in [-0.2, -0.15) is 0 Å². The van der Waals surface area contributed by atoms with Crippen LogP contribution in [0.2, 0.25) is 0 Å². The molecule has 1 aromatic rings. The zero-order valence-corrected chi connectivity index (χ0v) is 10.8. The number of ether oxygens (including phenoxy) is 1. The number of nitrogens with one attached hydrogen (secondary N) is 1. The minimum absolute atomic E-state index is 0.310. The fourth-order valence-electron chi connectivity index (χ4n) is 1.89. The van der Waals surface area contributed by atoms with Gasteiger partial charge in [0.1, 0.15) is 0 Å². The van der Waals surface area contributed by atoms with Crippen LogP contribution in [0.5, 0.6) is 0 Å². The van der Waals surface area contributed by atoms with Crippen molar-refractivity contribution in [2.75, 3.05) is 19.8 Å². The molecule has 0 radical (unpaired) electrons. The molecular weight excluding hydrogens is 198 g/mol. The topological polar surface area (TPSA) is 21.3 Å². The summed E-state index contributed by atoms with van der Waals surface area (Å²) in [7, 11) is 0. The van der Waals surface area contributed by atoms with Gasteiger partial charge in [0.25, 0.3) is 0 Å². The molecule has 1 rings (SSSR count). The molecule has 0 amide bonds. The molecule has 1 atom stereocenters. The Morgan fingerprint density at radius 1 is 1.25 bits per heavy atom. The van der Waals surface area contributed by atoms with Gasteiger partial charge in [-0.3, -0.25) is 0 Å². The molecule has 0 bridgehead atoms. The molecule has 0 aliphatic rings. The molecule has 16 heavy (non-hydrogen) atoms. The van der Waals surface area contributed by atoms with E-state index in [0.29, 0.717) is 6.04 Å². The van der Waals surface area contributed by atoms with Crippen LogP contribution in [0.4, 0.5) is 0 Å². The van der Waals surface area contributed by atoms with Crippen LogP contribution < -0.4 is 5.32 Å². The van der Waals surface area contributed by atoms with Crippen molar-refractivity contribution in [3.05, 3.63) is 34.9 Å². The van der Waals surface area contributed by atoms with Crippen molar-refractivity contribution in [3.63, 3.8) is 0 Å². The SMILES string of the molecule is CCNC(COCC)c1cccc(C)c1C. The molecular formula is C14H23NO. The summed E-state index contributed by atoms with van der Waals surface area (Å²) < 4.78 is 5.53. The highest BCUT2D eigenvalue weighted by Gasteiger charge is 2.13. The van der Waals surface area contributed by atoms with E-state index in [2.05, 4.69) is 44.3 Å². The van der Waals surface area contributed by atoms with Gasteiger partial charge < -0.3 is 10.1 Å². The third kappa shape index (κ3) is 3.32. The summed E-state index contributed by atoms with van der Waals surface area (Å²) in [4.78, 5) is 0. The highest BCUT2D eigenvalue weighted by atomic mass is 16.5. The minimum Gasteiger partial charge on any atom is -0.380 e. The second kappa shape index (κ2) is 6.66. The Kier molecular flexibility index (Phi) is 5.50. The van der Waals surface area contributed by atoms with E-state index in [0.717, 1.165) is 19.8 Å². The molecule has 0 fully saturated rings. The molecule has 0 aromatic heterocycles. The first-order valence-electron chi connectivity index (χ1n) is 6.07. The van der Waals surface area contributed by atoms with E-state index >= 15 is 0 Å². The summed E-state index contributed by atoms with van der Waals surface area (Å²) in [6.07, 6.45) is 0. The van der Waals surface area contributed by atoms with E-state index in [4.69, 9.17) is 4.74 Å². The van der Waals surface area contributed by atoms with Crippen LogP contribution in [0.1, 0.15) is 36.6 Å². The van der Waals surface area contributed by atoms with Gasteiger partial charge in [0.05, 0.1) is 12.6 Å². The number of aryl methyl sites for hydroxylation is 1. The van der Waals surface area contributed by atoms with E-state index < -0.39 is 0 Å². The molecule has 1 aromatic carbocycles. The van der Waals surface area contributed by atoms with Gasteiger partial charge in [0, 0.05) is 6.61 Å². The Balaban J connectivity index is 2.86. The monoisotopic (exact) mass is 221 g/mol. The average molecular weight is 221 g/mol.